The molecule has 0 saturated carbocycles. The number of likely N-dealkylation sites (tertiary alicyclic amines) is 1. The molecule has 0 atom stereocenters. The number of piperidine rings is 1. The minimum atomic E-state index is -0.418. The fourth-order valence-electron chi connectivity index (χ4n) is 2.90. The number of hydrogen-bond donors (Lipinski definition) is 0. The molecule has 1 heterocycles. The van der Waals surface area contributed by atoms with Crippen LogP contribution in [0.15, 0.2) is 59.1 Å². The third-order valence-corrected chi connectivity index (χ3v) is 5.21. The molecular formula is C21H20BrNO2S. The van der Waals surface area contributed by atoms with Gasteiger partial charge in [0.1, 0.15) is 10.7 Å². The minimum absolute atomic E-state index is 0.418. The van der Waals surface area contributed by atoms with Gasteiger partial charge in [-0.3, -0.25) is 0 Å². The molecule has 0 N–H and O–H groups in total. The molecule has 1 saturated heterocycles. The topological polar surface area (TPSA) is 29.5 Å². The third kappa shape index (κ3) is 5.02. The standard InChI is InChI=1S/C21H20BrNO2S/c22-17-10-11-19(18(15-17)21(26)23-13-5-2-6-14-23)25-20(24)12-9-16-7-3-1-4-8-16/h1,3-4,7-12,15H,2,5-6,13-14H2. The molecule has 0 aliphatic carbocycles. The van der Waals surface area contributed by atoms with E-state index in [4.69, 9.17) is 17.0 Å². The summed E-state index contributed by atoms with van der Waals surface area (Å²) in [5.41, 5.74) is 1.72. The Morgan fingerprint density at radius 2 is 1.81 bits per heavy atom. The number of ether oxygens (including phenoxy) is 1. The molecule has 26 heavy (non-hydrogen) atoms. The van der Waals surface area contributed by atoms with Crippen LogP contribution >= 0.6 is 28.1 Å². The van der Waals surface area contributed by atoms with Crippen LogP contribution in [0.5, 0.6) is 5.75 Å². The Labute approximate surface area is 167 Å². The number of halogens is 1. The van der Waals surface area contributed by atoms with Crippen LogP contribution in [-0.2, 0) is 4.79 Å². The maximum absolute atomic E-state index is 12.2. The van der Waals surface area contributed by atoms with Gasteiger partial charge in [-0.15, -0.1) is 0 Å². The van der Waals surface area contributed by atoms with Crippen LogP contribution in [0.25, 0.3) is 6.08 Å². The highest BCUT2D eigenvalue weighted by molar-refractivity contribution is 9.10. The van der Waals surface area contributed by atoms with Gasteiger partial charge >= 0.3 is 5.97 Å². The van der Waals surface area contributed by atoms with E-state index in [9.17, 15) is 4.79 Å². The van der Waals surface area contributed by atoms with Crippen molar-refractivity contribution in [3.63, 3.8) is 0 Å². The van der Waals surface area contributed by atoms with E-state index in [0.29, 0.717) is 5.75 Å². The summed E-state index contributed by atoms with van der Waals surface area (Å²) in [7, 11) is 0. The largest absolute Gasteiger partial charge is 0.423 e. The highest BCUT2D eigenvalue weighted by Crippen LogP contribution is 2.27. The molecule has 1 aliphatic rings. The summed E-state index contributed by atoms with van der Waals surface area (Å²) < 4.78 is 6.48. The predicted octanol–water partition coefficient (Wildman–Crippen LogP) is 5.23. The molecule has 2 aromatic rings. The molecule has 0 spiro atoms. The molecule has 3 nitrogen and oxygen atoms in total. The summed E-state index contributed by atoms with van der Waals surface area (Å²) in [6.45, 7) is 1.90. The smallest absolute Gasteiger partial charge is 0.336 e. The molecule has 5 heteroatoms. The average molecular weight is 430 g/mol. The van der Waals surface area contributed by atoms with Gasteiger partial charge in [-0.25, -0.2) is 4.79 Å². The first-order valence-electron chi connectivity index (χ1n) is 8.67. The van der Waals surface area contributed by atoms with Crippen molar-refractivity contribution < 1.29 is 9.53 Å². The van der Waals surface area contributed by atoms with Gasteiger partial charge in [-0.2, -0.15) is 0 Å². The summed E-state index contributed by atoms with van der Waals surface area (Å²) in [5, 5.41) is 0. The molecule has 0 bridgehead atoms. The molecule has 0 aromatic heterocycles. The van der Waals surface area contributed by atoms with Crippen molar-refractivity contribution in [3.8, 4) is 5.75 Å². The second kappa shape index (κ2) is 9.10. The van der Waals surface area contributed by atoms with Crippen molar-refractivity contribution >= 4 is 45.2 Å². The lowest BCUT2D eigenvalue weighted by Gasteiger charge is -2.29. The number of hydrogen-bond acceptors (Lipinski definition) is 3. The Morgan fingerprint density at radius 1 is 1.08 bits per heavy atom. The first kappa shape index (κ1) is 18.8. The summed E-state index contributed by atoms with van der Waals surface area (Å²) in [6, 6.07) is 15.2. The van der Waals surface area contributed by atoms with Gasteiger partial charge in [0, 0.05) is 23.6 Å². The first-order chi connectivity index (χ1) is 12.6. The molecule has 134 valence electrons. The number of benzene rings is 2. The zero-order valence-corrected chi connectivity index (χ0v) is 16.8. The van der Waals surface area contributed by atoms with Gasteiger partial charge in [0.15, 0.2) is 0 Å². The number of esters is 1. The molecule has 0 amide bonds. The summed E-state index contributed by atoms with van der Waals surface area (Å²) in [4.78, 5) is 15.2. The Kier molecular flexibility index (Phi) is 6.58. The van der Waals surface area contributed by atoms with E-state index in [2.05, 4.69) is 20.8 Å². The molecule has 1 fully saturated rings. The van der Waals surface area contributed by atoms with E-state index in [1.165, 1.54) is 12.5 Å². The van der Waals surface area contributed by atoms with E-state index in [0.717, 1.165) is 46.5 Å². The molecule has 0 radical (unpaired) electrons. The minimum Gasteiger partial charge on any atom is -0.423 e. The number of nitrogens with zero attached hydrogens (tertiary/aromatic N) is 1. The maximum atomic E-state index is 12.2. The number of thiocarbonyl (C=S) groups is 1. The number of rotatable bonds is 4. The lowest BCUT2D eigenvalue weighted by Crippen LogP contribution is -2.35. The van der Waals surface area contributed by atoms with Gasteiger partial charge in [0.05, 0.1) is 5.56 Å². The lowest BCUT2D eigenvalue weighted by atomic mass is 10.1. The first-order valence-corrected chi connectivity index (χ1v) is 9.87. The maximum Gasteiger partial charge on any atom is 0.336 e. The van der Waals surface area contributed by atoms with Crippen LogP contribution in [0.1, 0.15) is 30.4 Å². The third-order valence-electron chi connectivity index (χ3n) is 4.24. The molecular weight excluding hydrogens is 410 g/mol. The van der Waals surface area contributed by atoms with Gasteiger partial charge in [0.25, 0.3) is 0 Å². The summed E-state index contributed by atoms with van der Waals surface area (Å²) >= 11 is 9.16. The van der Waals surface area contributed by atoms with Crippen molar-refractivity contribution in [2.45, 2.75) is 19.3 Å². The second-order valence-corrected chi connectivity index (χ2v) is 7.46. The summed E-state index contributed by atoms with van der Waals surface area (Å²) in [6.07, 6.45) is 6.70. The van der Waals surface area contributed by atoms with Crippen LogP contribution in [0.2, 0.25) is 0 Å². The van der Waals surface area contributed by atoms with Gasteiger partial charge in [-0.1, -0.05) is 58.5 Å². The van der Waals surface area contributed by atoms with Crippen LogP contribution in [0.3, 0.4) is 0 Å². The van der Waals surface area contributed by atoms with Crippen LogP contribution in [-0.4, -0.2) is 28.9 Å². The van der Waals surface area contributed by atoms with E-state index >= 15 is 0 Å². The Bertz CT molecular complexity index is 814. The number of carbonyl (C=O) groups is 1. The monoisotopic (exact) mass is 429 g/mol. The van der Waals surface area contributed by atoms with E-state index in [1.54, 1.807) is 12.1 Å². The predicted molar refractivity (Wildman–Crippen MR) is 112 cm³/mol. The van der Waals surface area contributed by atoms with Crippen molar-refractivity contribution in [2.75, 3.05) is 13.1 Å². The van der Waals surface area contributed by atoms with Crippen LogP contribution < -0.4 is 4.74 Å². The Hall–Kier alpha value is -1.98. The zero-order valence-electron chi connectivity index (χ0n) is 14.4. The van der Waals surface area contributed by atoms with E-state index < -0.39 is 5.97 Å². The fraction of sp³-hybridized carbons (Fsp3) is 0.238. The van der Waals surface area contributed by atoms with Crippen molar-refractivity contribution in [1.82, 2.24) is 4.90 Å². The van der Waals surface area contributed by atoms with Gasteiger partial charge < -0.3 is 9.64 Å². The highest BCUT2D eigenvalue weighted by atomic mass is 79.9. The number of carbonyl (C=O) groups excluding carboxylic acids is 1. The van der Waals surface area contributed by atoms with Gasteiger partial charge in [0.2, 0.25) is 0 Å². The van der Waals surface area contributed by atoms with E-state index in [1.807, 2.05) is 42.5 Å². The Morgan fingerprint density at radius 3 is 2.54 bits per heavy atom. The molecule has 0 unspecified atom stereocenters. The van der Waals surface area contributed by atoms with E-state index in [-0.39, 0.29) is 0 Å². The van der Waals surface area contributed by atoms with Crippen molar-refractivity contribution in [2.24, 2.45) is 0 Å². The van der Waals surface area contributed by atoms with Crippen LogP contribution in [0.4, 0.5) is 0 Å². The van der Waals surface area contributed by atoms with Gasteiger partial charge in [-0.05, 0) is 49.1 Å². The van der Waals surface area contributed by atoms with Crippen molar-refractivity contribution in [3.05, 3.63) is 70.2 Å². The second-order valence-electron chi connectivity index (χ2n) is 6.16. The highest BCUT2D eigenvalue weighted by Gasteiger charge is 2.19. The Balaban J connectivity index is 1.76. The quantitative estimate of drug-likeness (QED) is 0.288. The fourth-order valence-corrected chi connectivity index (χ4v) is 3.60. The molecule has 2 aromatic carbocycles. The SMILES string of the molecule is O=C(C=Cc1ccccc1)Oc1ccc(Br)cc1C(=S)N1CCCCC1. The average Bonchev–Trinajstić information content (AvgIpc) is 2.69. The normalized spacial score (nSPS) is 14.4. The summed E-state index contributed by atoms with van der Waals surface area (Å²) in [5.74, 6) is 0.0744. The van der Waals surface area contributed by atoms with Crippen molar-refractivity contribution in [1.29, 1.82) is 0 Å². The molecule has 1 aliphatic heterocycles. The van der Waals surface area contributed by atoms with Crippen LogP contribution in [0, 0.1) is 0 Å². The lowest BCUT2D eigenvalue weighted by molar-refractivity contribution is -0.128. The zero-order chi connectivity index (χ0) is 18.4. The molecule has 3 rings (SSSR count).